The Balaban J connectivity index is 1.80. The zero-order valence-electron chi connectivity index (χ0n) is 11.5. The molecule has 110 valence electrons. The summed E-state index contributed by atoms with van der Waals surface area (Å²) in [5, 5.41) is 0. The lowest BCUT2D eigenvalue weighted by molar-refractivity contribution is 0.0550. The monoisotopic (exact) mass is 297 g/mol. The summed E-state index contributed by atoms with van der Waals surface area (Å²) in [5.74, 6) is 0.244. The molecule has 3 rings (SSSR count). The van der Waals surface area contributed by atoms with Crippen LogP contribution in [0.1, 0.15) is 0 Å². The molecule has 2 fully saturated rings. The highest BCUT2D eigenvalue weighted by Gasteiger charge is 2.41. The molecule has 0 N–H and O–H groups in total. The summed E-state index contributed by atoms with van der Waals surface area (Å²) in [5.41, 5.74) is 0. The number of fused-ring (bicyclic) bond motifs is 1. The second kappa shape index (κ2) is 5.40. The van der Waals surface area contributed by atoms with Crippen LogP contribution in [0.2, 0.25) is 0 Å². The lowest BCUT2D eigenvalue weighted by atomic mass is 10.1. The number of pyridine rings is 1. The number of hydrogen-bond donors (Lipinski definition) is 0. The van der Waals surface area contributed by atoms with Crippen LogP contribution >= 0.6 is 0 Å². The number of rotatable bonds is 2. The van der Waals surface area contributed by atoms with Crippen molar-refractivity contribution in [1.82, 2.24) is 14.2 Å². The largest absolute Gasteiger partial charge is 0.375 e. The maximum Gasteiger partial charge on any atom is 0.244 e. The van der Waals surface area contributed by atoms with Gasteiger partial charge in [0.2, 0.25) is 10.0 Å². The van der Waals surface area contributed by atoms with Gasteiger partial charge in [-0.3, -0.25) is 4.98 Å². The first kappa shape index (κ1) is 13.9. The molecule has 0 radical (unpaired) electrons. The normalized spacial score (nSPS) is 29.1. The molecular formula is C13H19N3O3S. The standard InChI is InChI=1S/C13H19N3O3S/c1-15-5-6-19-13-10-16(9-11(13)8-15)20(17,18)12-3-2-4-14-7-12/h2-4,7,11,13H,5-6,8-10H2,1H3/t11-,13+/m1/s1. The van der Waals surface area contributed by atoms with Crippen molar-refractivity contribution in [3.63, 3.8) is 0 Å². The summed E-state index contributed by atoms with van der Waals surface area (Å²) in [6.45, 7) is 3.41. The molecule has 0 aliphatic carbocycles. The maximum atomic E-state index is 12.6. The van der Waals surface area contributed by atoms with Gasteiger partial charge >= 0.3 is 0 Å². The van der Waals surface area contributed by atoms with Gasteiger partial charge in [0, 0.05) is 44.5 Å². The number of nitrogens with zero attached hydrogens (tertiary/aromatic N) is 3. The SMILES string of the molecule is CN1CCO[C@H]2CN(S(=O)(=O)c3cccnc3)C[C@H]2C1. The van der Waals surface area contributed by atoms with Gasteiger partial charge in [0.25, 0.3) is 0 Å². The quantitative estimate of drug-likeness (QED) is 0.771. The fourth-order valence-electron chi connectivity index (χ4n) is 2.86. The van der Waals surface area contributed by atoms with Crippen LogP contribution in [0.4, 0.5) is 0 Å². The number of likely N-dealkylation sites (N-methyl/N-ethyl adjacent to an activating group) is 1. The van der Waals surface area contributed by atoms with Crippen molar-refractivity contribution in [2.75, 3.05) is 39.8 Å². The van der Waals surface area contributed by atoms with Crippen LogP contribution in [0, 0.1) is 5.92 Å². The Kier molecular flexibility index (Phi) is 3.76. The Bertz CT molecular complexity index is 563. The topological polar surface area (TPSA) is 62.7 Å². The van der Waals surface area contributed by atoms with Crippen molar-refractivity contribution in [3.05, 3.63) is 24.5 Å². The van der Waals surface area contributed by atoms with Crippen molar-refractivity contribution in [2.24, 2.45) is 5.92 Å². The first-order valence-corrected chi connectivity index (χ1v) is 8.22. The summed E-state index contributed by atoms with van der Waals surface area (Å²) in [6, 6.07) is 3.23. The average Bonchev–Trinajstić information content (AvgIpc) is 2.76. The molecule has 6 nitrogen and oxygen atoms in total. The highest BCUT2D eigenvalue weighted by atomic mass is 32.2. The predicted molar refractivity (Wildman–Crippen MR) is 73.7 cm³/mol. The molecule has 20 heavy (non-hydrogen) atoms. The van der Waals surface area contributed by atoms with Crippen LogP contribution in [0.15, 0.2) is 29.4 Å². The molecule has 0 saturated carbocycles. The number of hydrogen-bond acceptors (Lipinski definition) is 5. The fraction of sp³-hybridized carbons (Fsp3) is 0.615. The molecule has 2 saturated heterocycles. The Morgan fingerprint density at radius 3 is 2.95 bits per heavy atom. The number of ether oxygens (including phenoxy) is 1. The third-order valence-corrected chi connectivity index (χ3v) is 5.79. The first-order valence-electron chi connectivity index (χ1n) is 6.78. The molecular weight excluding hydrogens is 278 g/mol. The molecule has 1 aromatic rings. The van der Waals surface area contributed by atoms with Gasteiger partial charge < -0.3 is 9.64 Å². The molecule has 2 aliphatic rings. The molecule has 2 aliphatic heterocycles. The highest BCUT2D eigenvalue weighted by molar-refractivity contribution is 7.89. The van der Waals surface area contributed by atoms with E-state index in [1.165, 1.54) is 10.5 Å². The van der Waals surface area contributed by atoms with Gasteiger partial charge in [-0.1, -0.05) is 0 Å². The zero-order chi connectivity index (χ0) is 14.2. The van der Waals surface area contributed by atoms with E-state index >= 15 is 0 Å². The molecule has 0 spiro atoms. The lowest BCUT2D eigenvalue weighted by Crippen LogP contribution is -2.32. The highest BCUT2D eigenvalue weighted by Crippen LogP contribution is 2.27. The third-order valence-electron chi connectivity index (χ3n) is 3.97. The molecule has 2 atom stereocenters. The second-order valence-electron chi connectivity index (χ2n) is 5.44. The van der Waals surface area contributed by atoms with Crippen LogP contribution in [-0.4, -0.2) is 68.5 Å². The van der Waals surface area contributed by atoms with E-state index in [2.05, 4.69) is 9.88 Å². The van der Waals surface area contributed by atoms with E-state index in [9.17, 15) is 8.42 Å². The Morgan fingerprint density at radius 2 is 2.20 bits per heavy atom. The van der Waals surface area contributed by atoms with Gasteiger partial charge in [0.05, 0.1) is 12.7 Å². The molecule has 7 heteroatoms. The Labute approximate surface area is 119 Å². The van der Waals surface area contributed by atoms with Crippen molar-refractivity contribution in [1.29, 1.82) is 0 Å². The van der Waals surface area contributed by atoms with Gasteiger partial charge in [-0.25, -0.2) is 8.42 Å². The van der Waals surface area contributed by atoms with E-state index in [0.29, 0.717) is 19.7 Å². The summed E-state index contributed by atoms with van der Waals surface area (Å²) in [4.78, 5) is 6.35. The molecule has 0 amide bonds. The summed E-state index contributed by atoms with van der Waals surface area (Å²) < 4.78 is 32.4. The molecule has 0 aromatic carbocycles. The van der Waals surface area contributed by atoms with Gasteiger partial charge in [0.1, 0.15) is 4.90 Å². The minimum atomic E-state index is -3.45. The lowest BCUT2D eigenvalue weighted by Gasteiger charge is -2.19. The van der Waals surface area contributed by atoms with Gasteiger partial charge in [-0.2, -0.15) is 4.31 Å². The van der Waals surface area contributed by atoms with Crippen LogP contribution in [0.25, 0.3) is 0 Å². The van der Waals surface area contributed by atoms with Crippen LogP contribution in [-0.2, 0) is 14.8 Å². The van der Waals surface area contributed by atoms with E-state index in [4.69, 9.17) is 4.74 Å². The Morgan fingerprint density at radius 1 is 1.35 bits per heavy atom. The molecule has 1 aromatic heterocycles. The van der Waals surface area contributed by atoms with Crippen molar-refractivity contribution in [3.8, 4) is 0 Å². The minimum absolute atomic E-state index is 0.00592. The number of sulfonamides is 1. The van der Waals surface area contributed by atoms with Gasteiger partial charge in [0.15, 0.2) is 0 Å². The maximum absolute atomic E-state index is 12.6. The van der Waals surface area contributed by atoms with E-state index in [-0.39, 0.29) is 16.9 Å². The smallest absolute Gasteiger partial charge is 0.244 e. The van der Waals surface area contributed by atoms with Gasteiger partial charge in [-0.05, 0) is 19.2 Å². The van der Waals surface area contributed by atoms with E-state index in [1.807, 2.05) is 7.05 Å². The van der Waals surface area contributed by atoms with E-state index in [1.54, 1.807) is 18.3 Å². The molecule has 0 unspecified atom stereocenters. The van der Waals surface area contributed by atoms with Crippen molar-refractivity contribution < 1.29 is 13.2 Å². The average molecular weight is 297 g/mol. The van der Waals surface area contributed by atoms with E-state index in [0.717, 1.165) is 13.1 Å². The molecule has 0 bridgehead atoms. The van der Waals surface area contributed by atoms with Crippen molar-refractivity contribution in [2.45, 2.75) is 11.0 Å². The second-order valence-corrected chi connectivity index (χ2v) is 7.38. The first-order chi connectivity index (χ1) is 9.57. The van der Waals surface area contributed by atoms with E-state index < -0.39 is 10.0 Å². The van der Waals surface area contributed by atoms with Crippen LogP contribution < -0.4 is 0 Å². The minimum Gasteiger partial charge on any atom is -0.375 e. The van der Waals surface area contributed by atoms with Crippen molar-refractivity contribution >= 4 is 10.0 Å². The summed E-state index contributed by atoms with van der Waals surface area (Å²) in [7, 11) is -1.41. The third kappa shape index (κ3) is 2.58. The molecule has 3 heterocycles. The van der Waals surface area contributed by atoms with Crippen LogP contribution in [0.5, 0.6) is 0 Å². The fourth-order valence-corrected chi connectivity index (χ4v) is 4.34. The van der Waals surface area contributed by atoms with Crippen LogP contribution in [0.3, 0.4) is 0 Å². The summed E-state index contributed by atoms with van der Waals surface area (Å²) in [6.07, 6.45) is 2.98. The Hall–Kier alpha value is -1.02. The predicted octanol–water partition coefficient (Wildman–Crippen LogP) is 0.0327. The zero-order valence-corrected chi connectivity index (χ0v) is 12.3. The summed E-state index contributed by atoms with van der Waals surface area (Å²) >= 11 is 0. The van der Waals surface area contributed by atoms with Gasteiger partial charge in [-0.15, -0.1) is 0 Å². The number of aromatic nitrogens is 1.